The minimum Gasteiger partial charge on any atom is -0.367 e. The third kappa shape index (κ3) is 6.15. The van der Waals surface area contributed by atoms with Gasteiger partial charge in [0, 0.05) is 12.1 Å². The molecular formula is C21H30NO+. The number of rotatable bonds is 10. The molecule has 2 heteroatoms. The van der Waals surface area contributed by atoms with Gasteiger partial charge in [-0.1, -0.05) is 69.5 Å². The molecule has 1 aromatic carbocycles. The lowest BCUT2D eigenvalue weighted by Gasteiger charge is -2.20. The fourth-order valence-corrected chi connectivity index (χ4v) is 2.82. The molecule has 1 heterocycles. The third-order valence-corrected chi connectivity index (χ3v) is 4.40. The monoisotopic (exact) mass is 312 g/mol. The summed E-state index contributed by atoms with van der Waals surface area (Å²) in [5.41, 5.74) is 1.26. The fraction of sp³-hybridized carbons (Fsp3) is 0.476. The molecule has 2 nitrogen and oxygen atoms in total. The van der Waals surface area contributed by atoms with Crippen LogP contribution in [0.2, 0.25) is 0 Å². The maximum absolute atomic E-state index is 6.36. The van der Waals surface area contributed by atoms with Gasteiger partial charge in [0.2, 0.25) is 0 Å². The normalized spacial score (nSPS) is 13.7. The van der Waals surface area contributed by atoms with Crippen molar-refractivity contribution in [3.05, 3.63) is 66.5 Å². The molecule has 124 valence electrons. The number of aromatic nitrogens is 1. The molecule has 0 bridgehead atoms. The fourth-order valence-electron chi connectivity index (χ4n) is 2.82. The standard InChI is InChI=1S/C21H30NO/c1-3-5-12-19(4-2)18-23-21(20-13-8-6-9-14-20)17-22-15-10-7-11-16-22/h6-11,13-16,19,21H,3-5,12,17-18H2,1-2H3/q+1. The Bertz CT molecular complexity index is 526. The van der Waals surface area contributed by atoms with Crippen LogP contribution in [0.3, 0.4) is 0 Å². The number of hydrogen-bond acceptors (Lipinski definition) is 1. The van der Waals surface area contributed by atoms with Gasteiger partial charge in [-0.2, -0.15) is 0 Å². The highest BCUT2D eigenvalue weighted by atomic mass is 16.5. The Kier molecular flexibility index (Phi) is 7.82. The van der Waals surface area contributed by atoms with E-state index in [0.717, 1.165) is 13.2 Å². The van der Waals surface area contributed by atoms with Crippen molar-refractivity contribution in [2.24, 2.45) is 5.92 Å². The van der Waals surface area contributed by atoms with Gasteiger partial charge in [0.1, 0.15) is 6.10 Å². The smallest absolute Gasteiger partial charge is 0.178 e. The molecule has 0 fully saturated rings. The summed E-state index contributed by atoms with van der Waals surface area (Å²) in [5, 5.41) is 0. The predicted molar refractivity (Wildman–Crippen MR) is 95.1 cm³/mol. The highest BCUT2D eigenvalue weighted by molar-refractivity contribution is 5.17. The van der Waals surface area contributed by atoms with Crippen molar-refractivity contribution < 1.29 is 9.30 Å². The third-order valence-electron chi connectivity index (χ3n) is 4.40. The first-order chi connectivity index (χ1) is 11.3. The molecule has 0 saturated carbocycles. The molecule has 0 aliphatic carbocycles. The molecule has 0 spiro atoms. The second kappa shape index (κ2) is 10.2. The van der Waals surface area contributed by atoms with Gasteiger partial charge in [0.05, 0.1) is 6.61 Å². The van der Waals surface area contributed by atoms with E-state index in [-0.39, 0.29) is 6.10 Å². The Morgan fingerprint density at radius 1 is 0.957 bits per heavy atom. The second-order valence-corrected chi connectivity index (χ2v) is 6.22. The molecule has 2 aromatic rings. The predicted octanol–water partition coefficient (Wildman–Crippen LogP) is 4.95. The maximum Gasteiger partial charge on any atom is 0.178 e. The summed E-state index contributed by atoms with van der Waals surface area (Å²) >= 11 is 0. The molecule has 2 unspecified atom stereocenters. The van der Waals surface area contributed by atoms with Crippen LogP contribution >= 0.6 is 0 Å². The molecule has 0 saturated heterocycles. The number of hydrogen-bond donors (Lipinski definition) is 0. The molecule has 0 radical (unpaired) electrons. The first-order valence-corrected chi connectivity index (χ1v) is 8.94. The van der Waals surface area contributed by atoms with E-state index < -0.39 is 0 Å². The van der Waals surface area contributed by atoms with Gasteiger partial charge >= 0.3 is 0 Å². The summed E-state index contributed by atoms with van der Waals surface area (Å²) in [6.45, 7) is 6.23. The lowest BCUT2D eigenvalue weighted by Crippen LogP contribution is -2.37. The SMILES string of the molecule is CCCCC(CC)COC(C[n+]1ccccc1)c1ccccc1. The first-order valence-electron chi connectivity index (χ1n) is 8.94. The van der Waals surface area contributed by atoms with E-state index >= 15 is 0 Å². The zero-order valence-electron chi connectivity index (χ0n) is 14.5. The molecule has 0 aliphatic rings. The average Bonchev–Trinajstić information content (AvgIpc) is 2.62. The minimum atomic E-state index is 0.110. The van der Waals surface area contributed by atoms with Crippen LogP contribution in [0.25, 0.3) is 0 Å². The second-order valence-electron chi connectivity index (χ2n) is 6.22. The molecular weight excluding hydrogens is 282 g/mol. The molecule has 23 heavy (non-hydrogen) atoms. The van der Waals surface area contributed by atoms with E-state index in [9.17, 15) is 0 Å². The van der Waals surface area contributed by atoms with Crippen molar-refractivity contribution in [2.45, 2.75) is 52.2 Å². The van der Waals surface area contributed by atoms with Crippen LogP contribution in [0.15, 0.2) is 60.9 Å². The Labute approximate surface area is 141 Å². The van der Waals surface area contributed by atoms with Crippen LogP contribution in [0.1, 0.15) is 51.2 Å². The van der Waals surface area contributed by atoms with E-state index in [2.05, 4.69) is 73.3 Å². The summed E-state index contributed by atoms with van der Waals surface area (Å²) in [6.07, 6.45) is 9.34. The van der Waals surface area contributed by atoms with Crippen LogP contribution < -0.4 is 4.57 Å². The van der Waals surface area contributed by atoms with E-state index in [0.29, 0.717) is 5.92 Å². The minimum absolute atomic E-state index is 0.110. The molecule has 0 aliphatic heterocycles. The van der Waals surface area contributed by atoms with Crippen LogP contribution in [0.5, 0.6) is 0 Å². The van der Waals surface area contributed by atoms with Gasteiger partial charge in [0.15, 0.2) is 18.9 Å². The Morgan fingerprint density at radius 2 is 1.65 bits per heavy atom. The van der Waals surface area contributed by atoms with E-state index in [4.69, 9.17) is 4.74 Å². The highest BCUT2D eigenvalue weighted by Crippen LogP contribution is 2.21. The Balaban J connectivity index is 2.02. The first kappa shape index (κ1) is 17.7. The molecule has 0 N–H and O–H groups in total. The van der Waals surface area contributed by atoms with E-state index in [1.54, 1.807) is 0 Å². The highest BCUT2D eigenvalue weighted by Gasteiger charge is 2.19. The van der Waals surface area contributed by atoms with E-state index in [1.165, 1.54) is 31.2 Å². The molecule has 2 rings (SSSR count). The van der Waals surface area contributed by atoms with Crippen LogP contribution in [-0.4, -0.2) is 6.61 Å². The van der Waals surface area contributed by atoms with Gasteiger partial charge in [-0.25, -0.2) is 4.57 Å². The van der Waals surface area contributed by atoms with Crippen LogP contribution in [-0.2, 0) is 11.3 Å². The van der Waals surface area contributed by atoms with Crippen molar-refractivity contribution in [1.82, 2.24) is 0 Å². The number of pyridine rings is 1. The van der Waals surface area contributed by atoms with Crippen molar-refractivity contribution in [3.8, 4) is 0 Å². The summed E-state index contributed by atoms with van der Waals surface area (Å²) in [4.78, 5) is 0. The van der Waals surface area contributed by atoms with Crippen molar-refractivity contribution in [2.75, 3.05) is 6.61 Å². The summed E-state index contributed by atoms with van der Waals surface area (Å²) in [7, 11) is 0. The number of unbranched alkanes of at least 4 members (excludes halogenated alkanes) is 1. The number of benzene rings is 1. The summed E-state index contributed by atoms with van der Waals surface area (Å²) < 4.78 is 8.56. The van der Waals surface area contributed by atoms with Gasteiger partial charge in [-0.3, -0.25) is 0 Å². The summed E-state index contributed by atoms with van der Waals surface area (Å²) in [5.74, 6) is 0.668. The lowest BCUT2D eigenvalue weighted by molar-refractivity contribution is -0.705. The number of ether oxygens (including phenoxy) is 1. The van der Waals surface area contributed by atoms with Gasteiger partial charge in [-0.15, -0.1) is 0 Å². The summed E-state index contributed by atoms with van der Waals surface area (Å²) in [6, 6.07) is 16.8. The lowest BCUT2D eigenvalue weighted by atomic mass is 10.0. The van der Waals surface area contributed by atoms with Crippen molar-refractivity contribution in [1.29, 1.82) is 0 Å². The largest absolute Gasteiger partial charge is 0.367 e. The number of nitrogens with zero attached hydrogens (tertiary/aromatic N) is 1. The zero-order valence-corrected chi connectivity index (χ0v) is 14.5. The van der Waals surface area contributed by atoms with Crippen molar-refractivity contribution >= 4 is 0 Å². The van der Waals surface area contributed by atoms with Crippen LogP contribution in [0, 0.1) is 5.92 Å². The average molecular weight is 312 g/mol. The van der Waals surface area contributed by atoms with Crippen LogP contribution in [0.4, 0.5) is 0 Å². The zero-order chi connectivity index (χ0) is 16.3. The van der Waals surface area contributed by atoms with Gasteiger partial charge < -0.3 is 4.74 Å². The van der Waals surface area contributed by atoms with Gasteiger partial charge in [-0.05, 0) is 17.9 Å². The molecule has 1 aromatic heterocycles. The Hall–Kier alpha value is -1.67. The van der Waals surface area contributed by atoms with Crippen molar-refractivity contribution in [3.63, 3.8) is 0 Å². The maximum atomic E-state index is 6.36. The Morgan fingerprint density at radius 3 is 2.30 bits per heavy atom. The quantitative estimate of drug-likeness (QED) is 0.566. The molecule has 0 amide bonds. The van der Waals surface area contributed by atoms with E-state index in [1.807, 2.05) is 6.07 Å². The van der Waals surface area contributed by atoms with Gasteiger partial charge in [0.25, 0.3) is 0 Å². The molecule has 2 atom stereocenters. The topological polar surface area (TPSA) is 13.1 Å².